The molecule has 0 radical (unpaired) electrons. The lowest BCUT2D eigenvalue weighted by Crippen LogP contribution is -2.03. The summed E-state index contributed by atoms with van der Waals surface area (Å²) in [6.07, 6.45) is 0. The molecule has 8 aromatic carbocycles. The van der Waals surface area contributed by atoms with Crippen molar-refractivity contribution >= 4 is 49.9 Å². The van der Waals surface area contributed by atoms with Crippen molar-refractivity contribution in [2.45, 2.75) is 6.92 Å². The van der Waals surface area contributed by atoms with Crippen LogP contribution in [0.1, 0.15) is 16.7 Å². The molecule has 0 amide bonds. The summed E-state index contributed by atoms with van der Waals surface area (Å²) in [6.45, 7) is 5.85. The zero-order chi connectivity index (χ0) is 38.3. The van der Waals surface area contributed by atoms with Crippen molar-refractivity contribution in [2.75, 3.05) is 0 Å². The van der Waals surface area contributed by atoms with Crippen LogP contribution in [0.5, 0.6) is 0 Å². The molecule has 9 aromatic rings. The number of amidine groups is 2. The Labute approximate surface area is 332 Å². The van der Waals surface area contributed by atoms with Gasteiger partial charge in [0, 0.05) is 36.9 Å². The molecule has 268 valence electrons. The average molecular weight is 738 g/mol. The van der Waals surface area contributed by atoms with E-state index in [9.17, 15) is 0 Å². The van der Waals surface area contributed by atoms with Gasteiger partial charge in [0.1, 0.15) is 0 Å². The van der Waals surface area contributed by atoms with Crippen molar-refractivity contribution in [2.24, 2.45) is 9.98 Å². The minimum atomic E-state index is 0.151. The minimum Gasteiger partial charge on any atom is -0.282 e. The maximum Gasteiger partial charge on any atom is 0.161 e. The summed E-state index contributed by atoms with van der Waals surface area (Å²) in [6, 6.07) is 69.3. The number of rotatable bonds is 6. The topological polar surface area (TPSA) is 48.6 Å². The molecule has 0 aliphatic heterocycles. The first-order chi connectivity index (χ1) is 27.6. The van der Waals surface area contributed by atoms with Crippen molar-refractivity contribution in [3.05, 3.63) is 217 Å². The van der Waals surface area contributed by atoms with Crippen LogP contribution in [0.2, 0.25) is 0 Å². The smallest absolute Gasteiger partial charge is 0.161 e. The quantitative estimate of drug-likeness (QED) is 0.130. The van der Waals surface area contributed by atoms with E-state index >= 15 is 0 Å². The van der Waals surface area contributed by atoms with Crippen LogP contribution in [-0.2, 0) is 0 Å². The lowest BCUT2D eigenvalue weighted by Gasteiger charge is -2.12. The SMILES string of the molecule is C=NC(=NC(=N)c1ccccc1)c1ccc(-c2ccc(-c3ccccc3)c3sc4c(-c5ccccc5)cc(-c5ccccc5)cc4c23)cc1.Cc1ccccc1. The fraction of sp³-hybridized carbons (Fsp3) is 0.0192. The van der Waals surface area contributed by atoms with E-state index < -0.39 is 0 Å². The number of hydrogen-bond acceptors (Lipinski definition) is 2. The summed E-state index contributed by atoms with van der Waals surface area (Å²) >= 11 is 1.87. The highest BCUT2D eigenvalue weighted by Crippen LogP contribution is 2.49. The number of hydrogen-bond donors (Lipinski definition) is 1. The number of fused-ring (bicyclic) bond motifs is 3. The van der Waals surface area contributed by atoms with Crippen LogP contribution in [0.25, 0.3) is 64.7 Å². The second kappa shape index (κ2) is 16.6. The van der Waals surface area contributed by atoms with Crippen molar-refractivity contribution in [1.29, 1.82) is 5.41 Å². The number of nitrogens with zero attached hydrogens (tertiary/aromatic N) is 2. The third kappa shape index (κ3) is 7.65. The zero-order valence-electron chi connectivity index (χ0n) is 31.1. The number of nitrogens with one attached hydrogen (secondary N) is 1. The third-order valence-electron chi connectivity index (χ3n) is 9.81. The second-order valence-electron chi connectivity index (χ2n) is 13.5. The van der Waals surface area contributed by atoms with Gasteiger partial charge in [-0.05, 0) is 64.7 Å². The van der Waals surface area contributed by atoms with Gasteiger partial charge < -0.3 is 0 Å². The molecule has 0 fully saturated rings. The molecule has 1 N–H and O–H groups in total. The van der Waals surface area contributed by atoms with E-state index in [1.807, 2.05) is 72.0 Å². The summed E-state index contributed by atoms with van der Waals surface area (Å²) in [5.41, 5.74) is 12.4. The van der Waals surface area contributed by atoms with Crippen molar-refractivity contribution < 1.29 is 0 Å². The van der Waals surface area contributed by atoms with Crippen molar-refractivity contribution in [3.63, 3.8) is 0 Å². The number of aryl methyl sites for hydroxylation is 1. The van der Waals surface area contributed by atoms with E-state index in [2.05, 4.69) is 163 Å². The summed E-state index contributed by atoms with van der Waals surface area (Å²) in [5.74, 6) is 0.574. The van der Waals surface area contributed by atoms with Crippen molar-refractivity contribution in [3.8, 4) is 44.5 Å². The highest BCUT2D eigenvalue weighted by Gasteiger charge is 2.20. The van der Waals surface area contributed by atoms with Gasteiger partial charge in [-0.2, -0.15) is 0 Å². The minimum absolute atomic E-state index is 0.151. The zero-order valence-corrected chi connectivity index (χ0v) is 31.9. The Hall–Kier alpha value is -7.01. The Morgan fingerprint density at radius 3 is 1.52 bits per heavy atom. The average Bonchev–Trinajstić information content (AvgIpc) is 3.66. The van der Waals surface area contributed by atoms with Crippen LogP contribution in [0.15, 0.2) is 210 Å². The van der Waals surface area contributed by atoms with Crippen LogP contribution in [-0.4, -0.2) is 18.4 Å². The van der Waals surface area contributed by atoms with Crippen LogP contribution < -0.4 is 0 Å². The molecule has 0 saturated carbocycles. The summed E-state index contributed by atoms with van der Waals surface area (Å²) in [5, 5.41) is 11.0. The molecule has 56 heavy (non-hydrogen) atoms. The first kappa shape index (κ1) is 36.0. The number of benzene rings is 8. The monoisotopic (exact) mass is 737 g/mol. The van der Waals surface area contributed by atoms with Crippen LogP contribution in [0.4, 0.5) is 0 Å². The van der Waals surface area contributed by atoms with E-state index in [1.165, 1.54) is 64.7 Å². The Bertz CT molecular complexity index is 2790. The largest absolute Gasteiger partial charge is 0.282 e. The van der Waals surface area contributed by atoms with E-state index in [0.29, 0.717) is 5.84 Å². The Balaban J connectivity index is 0.000000570. The van der Waals surface area contributed by atoms with Gasteiger partial charge in [-0.1, -0.05) is 194 Å². The van der Waals surface area contributed by atoms with E-state index in [0.717, 1.165) is 16.7 Å². The molecule has 0 saturated heterocycles. The molecular weight excluding hydrogens is 699 g/mol. The normalized spacial score (nSPS) is 11.2. The van der Waals surface area contributed by atoms with Gasteiger partial charge in [0.15, 0.2) is 11.7 Å². The summed E-state index contributed by atoms with van der Waals surface area (Å²) in [7, 11) is 0. The molecule has 1 heterocycles. The van der Waals surface area contributed by atoms with Crippen LogP contribution in [0.3, 0.4) is 0 Å². The standard InChI is InChI=1S/C45H31N3S.C7H8/c1-47-45(48-44(46)34-20-12-5-13-21-34)35-24-22-33(23-25-35)37-26-27-38(31-16-8-3-9-17-31)43-41(37)40-29-36(30-14-6-2-7-15-30)28-39(42(40)49-43)32-18-10-4-11-19-32;1-7-5-3-2-4-6-7/h2-29,46H,1H2;2-6H,1H3. The molecule has 0 spiro atoms. The van der Waals surface area contributed by atoms with Gasteiger partial charge in [-0.25, -0.2) is 9.98 Å². The Morgan fingerprint density at radius 1 is 0.464 bits per heavy atom. The van der Waals surface area contributed by atoms with Gasteiger partial charge in [0.25, 0.3) is 0 Å². The van der Waals surface area contributed by atoms with E-state index in [4.69, 9.17) is 5.41 Å². The van der Waals surface area contributed by atoms with Crippen LogP contribution in [0, 0.1) is 12.3 Å². The Kier molecular flexibility index (Phi) is 10.6. The molecule has 9 rings (SSSR count). The number of aliphatic imine (C=N–C) groups is 2. The molecule has 3 nitrogen and oxygen atoms in total. The highest BCUT2D eigenvalue weighted by molar-refractivity contribution is 7.27. The second-order valence-corrected chi connectivity index (χ2v) is 14.5. The predicted octanol–water partition coefficient (Wildman–Crippen LogP) is 14.2. The lowest BCUT2D eigenvalue weighted by molar-refractivity contribution is 1.40. The molecular formula is C52H39N3S. The van der Waals surface area contributed by atoms with Crippen LogP contribution >= 0.6 is 11.3 Å². The number of thiophene rings is 1. The first-order valence-corrected chi connectivity index (χ1v) is 19.4. The van der Waals surface area contributed by atoms with E-state index in [-0.39, 0.29) is 5.84 Å². The highest BCUT2D eigenvalue weighted by atomic mass is 32.1. The maximum absolute atomic E-state index is 8.51. The summed E-state index contributed by atoms with van der Waals surface area (Å²) in [4.78, 5) is 8.71. The fourth-order valence-corrected chi connectivity index (χ4v) is 8.37. The third-order valence-corrected chi connectivity index (χ3v) is 11.1. The van der Waals surface area contributed by atoms with Gasteiger partial charge in [-0.15, -0.1) is 11.3 Å². The molecule has 0 atom stereocenters. The molecule has 0 aliphatic rings. The fourth-order valence-electron chi connectivity index (χ4n) is 6.99. The molecule has 4 heteroatoms. The lowest BCUT2D eigenvalue weighted by atomic mass is 9.91. The maximum atomic E-state index is 8.51. The molecule has 0 bridgehead atoms. The predicted molar refractivity (Wildman–Crippen MR) is 242 cm³/mol. The van der Waals surface area contributed by atoms with Gasteiger partial charge in [0.05, 0.1) is 0 Å². The first-order valence-electron chi connectivity index (χ1n) is 18.6. The van der Waals surface area contributed by atoms with E-state index in [1.54, 1.807) is 0 Å². The molecule has 1 aromatic heterocycles. The summed E-state index contributed by atoms with van der Waals surface area (Å²) < 4.78 is 2.53. The van der Waals surface area contributed by atoms with Gasteiger partial charge in [0.2, 0.25) is 0 Å². The molecule has 0 unspecified atom stereocenters. The molecule has 0 aliphatic carbocycles. The van der Waals surface area contributed by atoms with Gasteiger partial charge >= 0.3 is 0 Å². The van der Waals surface area contributed by atoms with Gasteiger partial charge in [-0.3, -0.25) is 5.41 Å². The Morgan fingerprint density at radius 2 is 0.964 bits per heavy atom. The van der Waals surface area contributed by atoms with Crippen molar-refractivity contribution in [1.82, 2.24) is 0 Å².